The van der Waals surface area contributed by atoms with Crippen LogP contribution < -0.4 is 0 Å². The van der Waals surface area contributed by atoms with Gasteiger partial charge in [-0.1, -0.05) is 0 Å². The van der Waals surface area contributed by atoms with Gasteiger partial charge in [-0.3, -0.25) is 0 Å². The normalized spacial score (nSPS) is 25.5. The molecule has 0 spiro atoms. The van der Waals surface area contributed by atoms with Gasteiger partial charge < -0.3 is 8.97 Å². The van der Waals surface area contributed by atoms with Crippen molar-refractivity contribution in [1.82, 2.24) is 0 Å². The Morgan fingerprint density at radius 3 is 1.20 bits per heavy atom. The first-order chi connectivity index (χ1) is 9.62. The molecule has 2 aliphatic heterocycles. The van der Waals surface area contributed by atoms with E-state index < -0.39 is 0 Å². The summed E-state index contributed by atoms with van der Waals surface area (Å²) in [5.41, 5.74) is 0. The first-order valence-electron chi connectivity index (χ1n) is 9.29. The molecule has 2 rings (SSSR count). The standard InChI is InChI=1S/C18H38N2/c1-19(15-9-5-10-16-19)13-7-3-4-8-14-20(2)17-11-6-12-18-20/h3-18H2,1-2H3/q+2. The van der Waals surface area contributed by atoms with Crippen LogP contribution in [0.15, 0.2) is 0 Å². The molecule has 2 heterocycles. The summed E-state index contributed by atoms with van der Waals surface area (Å²) in [7, 11) is 4.97. The third-order valence-corrected chi connectivity index (χ3v) is 5.94. The van der Waals surface area contributed by atoms with Crippen LogP contribution in [0, 0.1) is 0 Å². The van der Waals surface area contributed by atoms with E-state index in [0.29, 0.717) is 0 Å². The summed E-state index contributed by atoms with van der Waals surface area (Å²) >= 11 is 0. The van der Waals surface area contributed by atoms with Gasteiger partial charge in [-0.05, 0) is 64.2 Å². The van der Waals surface area contributed by atoms with Gasteiger partial charge in [0, 0.05) is 0 Å². The Bertz CT molecular complexity index is 235. The molecule has 0 aromatic rings. The molecule has 0 bridgehead atoms. The molecule has 0 radical (unpaired) electrons. The molecule has 0 amide bonds. The highest BCUT2D eigenvalue weighted by Gasteiger charge is 2.25. The lowest BCUT2D eigenvalue weighted by Gasteiger charge is -2.38. The fraction of sp³-hybridized carbons (Fsp3) is 1.00. The van der Waals surface area contributed by atoms with Crippen LogP contribution in [0.1, 0.15) is 64.2 Å². The maximum Gasteiger partial charge on any atom is 0.0784 e. The van der Waals surface area contributed by atoms with E-state index in [9.17, 15) is 0 Å². The fourth-order valence-electron chi connectivity index (χ4n) is 4.34. The molecule has 2 saturated heterocycles. The van der Waals surface area contributed by atoms with Gasteiger partial charge >= 0.3 is 0 Å². The Morgan fingerprint density at radius 1 is 0.500 bits per heavy atom. The van der Waals surface area contributed by atoms with Crippen molar-refractivity contribution in [1.29, 1.82) is 0 Å². The Morgan fingerprint density at radius 2 is 0.850 bits per heavy atom. The number of hydrogen-bond donors (Lipinski definition) is 0. The van der Waals surface area contributed by atoms with Crippen molar-refractivity contribution in [2.45, 2.75) is 64.2 Å². The molecule has 0 unspecified atom stereocenters. The predicted octanol–water partition coefficient (Wildman–Crippen LogP) is 3.81. The molecule has 0 N–H and O–H groups in total. The van der Waals surface area contributed by atoms with Crippen molar-refractivity contribution in [3.63, 3.8) is 0 Å². The molecule has 20 heavy (non-hydrogen) atoms. The van der Waals surface area contributed by atoms with Crippen LogP contribution in [0.4, 0.5) is 0 Å². The molecule has 0 aromatic carbocycles. The number of piperidine rings is 2. The number of rotatable bonds is 7. The van der Waals surface area contributed by atoms with Gasteiger partial charge in [-0.2, -0.15) is 0 Å². The third-order valence-electron chi connectivity index (χ3n) is 5.94. The van der Waals surface area contributed by atoms with E-state index in [1.165, 1.54) is 112 Å². The first kappa shape index (κ1) is 16.3. The summed E-state index contributed by atoms with van der Waals surface area (Å²) in [5, 5.41) is 0. The largest absolute Gasteiger partial charge is 0.326 e. The number of unbranched alkanes of at least 4 members (excludes halogenated alkanes) is 3. The second-order valence-corrected chi connectivity index (χ2v) is 8.12. The maximum atomic E-state index is 2.49. The third kappa shape index (κ3) is 5.37. The highest BCUT2D eigenvalue weighted by atomic mass is 15.3. The predicted molar refractivity (Wildman–Crippen MR) is 87.7 cm³/mol. The van der Waals surface area contributed by atoms with E-state index in [2.05, 4.69) is 14.1 Å². The van der Waals surface area contributed by atoms with Crippen molar-refractivity contribution >= 4 is 0 Å². The zero-order valence-corrected chi connectivity index (χ0v) is 14.2. The van der Waals surface area contributed by atoms with Gasteiger partial charge in [0.2, 0.25) is 0 Å². The van der Waals surface area contributed by atoms with Crippen molar-refractivity contribution in [3.05, 3.63) is 0 Å². The molecule has 0 aliphatic carbocycles. The van der Waals surface area contributed by atoms with E-state index >= 15 is 0 Å². The van der Waals surface area contributed by atoms with Crippen LogP contribution in [-0.2, 0) is 0 Å². The van der Waals surface area contributed by atoms with Gasteiger partial charge in [0.15, 0.2) is 0 Å². The first-order valence-corrected chi connectivity index (χ1v) is 9.29. The lowest BCUT2D eigenvalue weighted by Crippen LogP contribution is -2.48. The molecule has 2 heteroatoms. The minimum atomic E-state index is 1.37. The number of nitrogens with zero attached hydrogens (tertiary/aromatic N) is 2. The van der Waals surface area contributed by atoms with Gasteiger partial charge in [-0.15, -0.1) is 0 Å². The Balaban J connectivity index is 1.51. The van der Waals surface area contributed by atoms with E-state index in [1.54, 1.807) is 0 Å². The van der Waals surface area contributed by atoms with Crippen LogP contribution in [0.3, 0.4) is 0 Å². The van der Waals surface area contributed by atoms with Crippen LogP contribution in [0.2, 0.25) is 0 Å². The van der Waals surface area contributed by atoms with Crippen molar-refractivity contribution in [2.75, 3.05) is 53.4 Å². The van der Waals surface area contributed by atoms with Gasteiger partial charge in [0.1, 0.15) is 0 Å². The highest BCUT2D eigenvalue weighted by Crippen LogP contribution is 2.19. The van der Waals surface area contributed by atoms with Crippen LogP contribution in [-0.4, -0.2) is 62.3 Å². The molecule has 2 nitrogen and oxygen atoms in total. The van der Waals surface area contributed by atoms with E-state index in [0.717, 1.165) is 0 Å². The van der Waals surface area contributed by atoms with E-state index in [4.69, 9.17) is 0 Å². The zero-order chi connectivity index (χ0) is 14.3. The lowest BCUT2D eigenvalue weighted by atomic mass is 10.1. The number of quaternary nitrogens is 2. The summed E-state index contributed by atoms with van der Waals surface area (Å²) in [4.78, 5) is 0. The average molecular weight is 283 g/mol. The quantitative estimate of drug-likeness (QED) is 0.492. The molecule has 2 fully saturated rings. The SMILES string of the molecule is C[N+]1(CCCCCC[N+]2(C)CCCCC2)CCCCC1. The minimum absolute atomic E-state index is 1.37. The highest BCUT2D eigenvalue weighted by molar-refractivity contribution is 4.54. The summed E-state index contributed by atoms with van der Waals surface area (Å²) in [6.45, 7) is 8.63. The van der Waals surface area contributed by atoms with Crippen LogP contribution in [0.25, 0.3) is 0 Å². The smallest absolute Gasteiger partial charge is 0.0784 e. The van der Waals surface area contributed by atoms with Gasteiger partial charge in [-0.25, -0.2) is 0 Å². The number of likely N-dealkylation sites (tertiary alicyclic amines) is 2. The number of hydrogen-bond acceptors (Lipinski definition) is 0. The summed E-state index contributed by atoms with van der Waals surface area (Å²) < 4.78 is 2.74. The van der Waals surface area contributed by atoms with Crippen molar-refractivity contribution in [2.24, 2.45) is 0 Å². The molecule has 2 aliphatic rings. The summed E-state index contributed by atoms with van der Waals surface area (Å²) in [5.74, 6) is 0. The minimum Gasteiger partial charge on any atom is -0.326 e. The van der Waals surface area contributed by atoms with E-state index in [1.807, 2.05) is 0 Å². The summed E-state index contributed by atoms with van der Waals surface area (Å²) in [6.07, 6.45) is 14.7. The van der Waals surface area contributed by atoms with E-state index in [-0.39, 0.29) is 0 Å². The average Bonchev–Trinajstić information content (AvgIpc) is 2.44. The molecular formula is C18H38N2+2. The summed E-state index contributed by atoms with van der Waals surface area (Å²) in [6, 6.07) is 0. The van der Waals surface area contributed by atoms with Crippen LogP contribution >= 0.6 is 0 Å². The maximum absolute atomic E-state index is 2.49. The van der Waals surface area contributed by atoms with Crippen LogP contribution in [0.5, 0.6) is 0 Å². The zero-order valence-electron chi connectivity index (χ0n) is 14.2. The van der Waals surface area contributed by atoms with Crippen molar-refractivity contribution in [3.8, 4) is 0 Å². The Hall–Kier alpha value is -0.0800. The van der Waals surface area contributed by atoms with Gasteiger partial charge in [0.25, 0.3) is 0 Å². The molecule has 0 aromatic heterocycles. The molecule has 118 valence electrons. The second-order valence-electron chi connectivity index (χ2n) is 8.12. The monoisotopic (exact) mass is 282 g/mol. The van der Waals surface area contributed by atoms with Crippen molar-refractivity contribution < 1.29 is 8.97 Å². The van der Waals surface area contributed by atoms with Gasteiger partial charge in [0.05, 0.1) is 53.4 Å². The second kappa shape index (κ2) is 7.79. The topological polar surface area (TPSA) is 0 Å². The Labute approximate surface area is 127 Å². The molecular weight excluding hydrogens is 244 g/mol. The molecule has 0 saturated carbocycles. The lowest BCUT2D eigenvalue weighted by molar-refractivity contribution is -0.914. The Kier molecular flexibility index (Phi) is 6.35. The molecule has 0 atom stereocenters. The fourth-order valence-corrected chi connectivity index (χ4v) is 4.34.